The molecule has 164 valence electrons. The van der Waals surface area contributed by atoms with Crippen molar-refractivity contribution in [3.05, 3.63) is 101 Å². The van der Waals surface area contributed by atoms with Gasteiger partial charge in [-0.15, -0.1) is 0 Å². The summed E-state index contributed by atoms with van der Waals surface area (Å²) < 4.78 is 7.42. The zero-order valence-electron chi connectivity index (χ0n) is 18.4. The van der Waals surface area contributed by atoms with Crippen LogP contribution in [-0.2, 0) is 11.3 Å². The Bertz CT molecular complexity index is 1400. The number of aliphatic imine (C=N–C) groups is 1. The topological polar surface area (TPSA) is 55.6 Å². The number of hydrogen-bond acceptors (Lipinski definition) is 4. The number of aromatic nitrogens is 1. The van der Waals surface area contributed by atoms with Crippen LogP contribution in [0.4, 0.5) is 5.69 Å². The molecule has 1 aliphatic rings. The van der Waals surface area contributed by atoms with Crippen molar-refractivity contribution in [1.82, 2.24) is 9.88 Å². The van der Waals surface area contributed by atoms with Crippen LogP contribution in [0.1, 0.15) is 16.7 Å². The molecule has 0 unspecified atom stereocenters. The van der Waals surface area contributed by atoms with E-state index in [2.05, 4.69) is 64.4 Å². The average Bonchev–Trinajstić information content (AvgIpc) is 3.34. The molecule has 1 aromatic heterocycles. The van der Waals surface area contributed by atoms with Gasteiger partial charge in [-0.2, -0.15) is 0 Å². The smallest absolute Gasteiger partial charge is 0.264 e. The lowest BCUT2D eigenvalue weighted by atomic mass is 10.1. The van der Waals surface area contributed by atoms with E-state index < -0.39 is 0 Å². The normalized spacial score (nSPS) is 16.0. The molecule has 0 saturated carbocycles. The fourth-order valence-electron chi connectivity index (χ4n) is 3.92. The van der Waals surface area contributed by atoms with Gasteiger partial charge >= 0.3 is 0 Å². The van der Waals surface area contributed by atoms with E-state index in [0.29, 0.717) is 10.1 Å². The van der Waals surface area contributed by atoms with Crippen molar-refractivity contribution >= 4 is 45.5 Å². The van der Waals surface area contributed by atoms with Crippen LogP contribution >= 0.6 is 11.8 Å². The van der Waals surface area contributed by atoms with Gasteiger partial charge in [-0.25, -0.2) is 4.99 Å². The summed E-state index contributed by atoms with van der Waals surface area (Å²) >= 11 is 1.35. The maximum Gasteiger partial charge on any atom is 0.264 e. The molecule has 0 atom stereocenters. The first-order valence-electron chi connectivity index (χ1n) is 10.7. The molecule has 5 nitrogen and oxygen atoms in total. The van der Waals surface area contributed by atoms with Crippen LogP contribution in [0.3, 0.4) is 0 Å². The maximum atomic E-state index is 12.6. The van der Waals surface area contributed by atoms with Crippen LogP contribution in [0.5, 0.6) is 5.75 Å². The van der Waals surface area contributed by atoms with E-state index in [9.17, 15) is 4.79 Å². The third-order valence-corrected chi connectivity index (χ3v) is 6.41. The monoisotopic (exact) mass is 453 g/mol. The van der Waals surface area contributed by atoms with Gasteiger partial charge in [0.25, 0.3) is 5.91 Å². The number of nitrogens with one attached hydrogen (secondary N) is 1. The van der Waals surface area contributed by atoms with Crippen molar-refractivity contribution in [2.45, 2.75) is 13.5 Å². The molecule has 0 bridgehead atoms. The minimum Gasteiger partial charge on any atom is -0.497 e. The second-order valence-corrected chi connectivity index (χ2v) is 8.93. The Morgan fingerprint density at radius 1 is 1.06 bits per heavy atom. The number of ether oxygens (including phenoxy) is 1. The minimum absolute atomic E-state index is 0.136. The van der Waals surface area contributed by atoms with Gasteiger partial charge in [-0.05, 0) is 60.7 Å². The van der Waals surface area contributed by atoms with Gasteiger partial charge in [-0.3, -0.25) is 4.79 Å². The molecule has 0 spiro atoms. The fourth-order valence-corrected chi connectivity index (χ4v) is 4.76. The van der Waals surface area contributed by atoms with Crippen LogP contribution in [0, 0.1) is 6.92 Å². The number of amides is 1. The molecule has 33 heavy (non-hydrogen) atoms. The van der Waals surface area contributed by atoms with Crippen molar-refractivity contribution in [3.8, 4) is 5.75 Å². The van der Waals surface area contributed by atoms with Gasteiger partial charge < -0.3 is 14.6 Å². The standard InChI is InChI=1S/C27H23N3O2S/c1-18-6-5-7-19(14-18)16-30-17-20(23-8-3-4-9-24(23)30)15-25-26(31)29-27(33-25)28-21-10-12-22(32-2)13-11-21/h3-15,17H,16H2,1-2H3,(H,28,29,31)/b25-15-. The third kappa shape index (κ3) is 4.56. The zero-order valence-corrected chi connectivity index (χ0v) is 19.2. The van der Waals surface area contributed by atoms with E-state index in [4.69, 9.17) is 4.74 Å². The first kappa shape index (κ1) is 21.1. The molecule has 1 fully saturated rings. The molecule has 4 aromatic rings. The number of rotatable bonds is 5. The van der Waals surface area contributed by atoms with Gasteiger partial charge in [0.2, 0.25) is 0 Å². The highest BCUT2D eigenvalue weighted by Crippen LogP contribution is 2.31. The highest BCUT2D eigenvalue weighted by molar-refractivity contribution is 8.18. The van der Waals surface area contributed by atoms with E-state index in [-0.39, 0.29) is 5.91 Å². The number of nitrogens with zero attached hydrogens (tertiary/aromatic N) is 2. The predicted octanol–water partition coefficient (Wildman–Crippen LogP) is 5.90. The summed E-state index contributed by atoms with van der Waals surface area (Å²) in [6.45, 7) is 2.88. The lowest BCUT2D eigenvalue weighted by Crippen LogP contribution is -2.19. The van der Waals surface area contributed by atoms with Crippen LogP contribution in [-0.4, -0.2) is 22.8 Å². The molecule has 2 heterocycles. The maximum absolute atomic E-state index is 12.6. The Morgan fingerprint density at radius 3 is 2.67 bits per heavy atom. The lowest BCUT2D eigenvalue weighted by Gasteiger charge is -2.06. The molecule has 5 rings (SSSR count). The van der Waals surface area contributed by atoms with Crippen molar-refractivity contribution in [2.24, 2.45) is 4.99 Å². The third-order valence-electron chi connectivity index (χ3n) is 5.50. The molecule has 1 N–H and O–H groups in total. The first-order chi connectivity index (χ1) is 16.1. The average molecular weight is 454 g/mol. The molecule has 1 saturated heterocycles. The number of hydrogen-bond donors (Lipinski definition) is 1. The summed E-state index contributed by atoms with van der Waals surface area (Å²) in [7, 11) is 1.63. The van der Waals surface area contributed by atoms with E-state index >= 15 is 0 Å². The minimum atomic E-state index is -0.136. The van der Waals surface area contributed by atoms with Gasteiger partial charge in [0, 0.05) is 29.2 Å². The van der Waals surface area contributed by atoms with Crippen molar-refractivity contribution in [2.75, 3.05) is 7.11 Å². The largest absolute Gasteiger partial charge is 0.497 e. The molecule has 0 radical (unpaired) electrons. The number of fused-ring (bicyclic) bond motifs is 1. The molecule has 3 aromatic carbocycles. The number of para-hydroxylation sites is 1. The summed E-state index contributed by atoms with van der Waals surface area (Å²) in [5.41, 5.74) is 5.41. The van der Waals surface area contributed by atoms with Crippen molar-refractivity contribution < 1.29 is 9.53 Å². The molecule has 1 aliphatic heterocycles. The quantitative estimate of drug-likeness (QED) is 0.383. The number of thioether (sulfide) groups is 1. The number of carbonyl (C=O) groups is 1. The Morgan fingerprint density at radius 2 is 1.88 bits per heavy atom. The van der Waals surface area contributed by atoms with Gasteiger partial charge in [0.1, 0.15) is 5.75 Å². The molecular formula is C27H23N3O2S. The van der Waals surface area contributed by atoms with Gasteiger partial charge in [0.05, 0.1) is 17.7 Å². The second-order valence-electron chi connectivity index (χ2n) is 7.90. The summed E-state index contributed by atoms with van der Waals surface area (Å²) in [5.74, 6) is 0.632. The summed E-state index contributed by atoms with van der Waals surface area (Å²) in [6.07, 6.45) is 4.07. The Balaban J connectivity index is 1.45. The first-order valence-corrected chi connectivity index (χ1v) is 11.5. The van der Waals surface area contributed by atoms with Crippen molar-refractivity contribution in [3.63, 3.8) is 0 Å². The van der Waals surface area contributed by atoms with E-state index in [0.717, 1.165) is 34.4 Å². The van der Waals surface area contributed by atoms with Crippen LogP contribution in [0.15, 0.2) is 88.9 Å². The fraction of sp³-hybridized carbons (Fsp3) is 0.111. The van der Waals surface area contributed by atoms with Crippen LogP contribution in [0.25, 0.3) is 17.0 Å². The highest BCUT2D eigenvalue weighted by Gasteiger charge is 2.24. The van der Waals surface area contributed by atoms with E-state index in [1.165, 1.54) is 22.9 Å². The summed E-state index contributed by atoms with van der Waals surface area (Å²) in [6, 6.07) is 24.2. The molecule has 6 heteroatoms. The molecule has 1 amide bonds. The number of aryl methyl sites for hydroxylation is 1. The van der Waals surface area contributed by atoms with E-state index in [1.807, 2.05) is 42.5 Å². The lowest BCUT2D eigenvalue weighted by molar-refractivity contribution is -0.115. The number of benzene rings is 3. The van der Waals surface area contributed by atoms with Crippen LogP contribution < -0.4 is 10.1 Å². The molecular weight excluding hydrogens is 430 g/mol. The number of methoxy groups -OCH3 is 1. The molecule has 0 aliphatic carbocycles. The van der Waals surface area contributed by atoms with Crippen LogP contribution in [0.2, 0.25) is 0 Å². The van der Waals surface area contributed by atoms with Crippen molar-refractivity contribution in [1.29, 1.82) is 0 Å². The summed E-state index contributed by atoms with van der Waals surface area (Å²) in [5, 5.41) is 4.56. The SMILES string of the molecule is COc1ccc(N=C2NC(=O)/C(=C/c3cn(Cc4cccc(C)c4)c4ccccc34)S2)cc1. The van der Waals surface area contributed by atoms with E-state index in [1.54, 1.807) is 7.11 Å². The Kier molecular flexibility index (Phi) is 5.75. The highest BCUT2D eigenvalue weighted by atomic mass is 32.2. The van der Waals surface area contributed by atoms with Gasteiger partial charge in [0.15, 0.2) is 5.17 Å². The Hall–Kier alpha value is -3.77. The summed E-state index contributed by atoms with van der Waals surface area (Å²) in [4.78, 5) is 17.8. The Labute approximate surface area is 196 Å². The predicted molar refractivity (Wildman–Crippen MR) is 136 cm³/mol. The van der Waals surface area contributed by atoms with Gasteiger partial charge in [-0.1, -0.05) is 48.0 Å². The number of carbonyl (C=O) groups excluding carboxylic acids is 1. The second kappa shape index (κ2) is 9.00. The number of amidine groups is 1. The zero-order chi connectivity index (χ0) is 22.8.